The Morgan fingerprint density at radius 2 is 1.62 bits per heavy atom. The van der Waals surface area contributed by atoms with Crippen molar-refractivity contribution in [2.24, 2.45) is 11.8 Å². The number of aromatic hydroxyl groups is 1. The number of phenols is 1. The van der Waals surface area contributed by atoms with Crippen molar-refractivity contribution in [2.45, 2.75) is 55.9 Å². The SMILES string of the molecule is [2H]C1([2H])Oc2cc3c(cc2O1)[C@@H](O[C@@H]1O[C@@H]2CO[C@@H](C)O[C@H]2[C@H](O)[C@H]1O)[C@H]1COC(=O)[C@@H]1[C@@H]3c1cc(OC)c(O)c(OC)c1. The summed E-state index contributed by atoms with van der Waals surface area (Å²) in [4.78, 5) is 13.4. The fourth-order valence-corrected chi connectivity index (χ4v) is 6.62. The zero-order valence-corrected chi connectivity index (χ0v) is 22.9. The first-order chi connectivity index (χ1) is 21.0. The summed E-state index contributed by atoms with van der Waals surface area (Å²) in [6.45, 7) is -0.689. The van der Waals surface area contributed by atoms with Crippen molar-refractivity contribution >= 4 is 5.97 Å². The third-order valence-corrected chi connectivity index (χ3v) is 8.62. The zero-order valence-electron chi connectivity index (χ0n) is 24.9. The quantitative estimate of drug-likeness (QED) is 0.429. The van der Waals surface area contributed by atoms with E-state index in [-0.39, 0.29) is 42.0 Å². The van der Waals surface area contributed by atoms with E-state index in [2.05, 4.69) is 0 Å². The Morgan fingerprint density at radius 1 is 0.929 bits per heavy atom. The molecule has 0 spiro atoms. The summed E-state index contributed by atoms with van der Waals surface area (Å²) >= 11 is 0. The Morgan fingerprint density at radius 3 is 2.31 bits per heavy atom. The van der Waals surface area contributed by atoms with Crippen LogP contribution in [0.2, 0.25) is 0 Å². The molecule has 3 N–H and O–H groups in total. The van der Waals surface area contributed by atoms with Crippen LogP contribution in [0.3, 0.4) is 0 Å². The smallest absolute Gasteiger partial charge is 0.310 e. The van der Waals surface area contributed by atoms with Gasteiger partial charge in [-0.15, -0.1) is 0 Å². The normalized spacial score (nSPS) is 38.4. The van der Waals surface area contributed by atoms with Crippen molar-refractivity contribution < 1.29 is 65.5 Å². The van der Waals surface area contributed by atoms with E-state index in [9.17, 15) is 20.1 Å². The molecule has 2 aromatic carbocycles. The van der Waals surface area contributed by atoms with Gasteiger partial charge in [-0.1, -0.05) is 0 Å². The summed E-state index contributed by atoms with van der Waals surface area (Å²) in [6.07, 6.45) is -7.30. The van der Waals surface area contributed by atoms with Crippen LogP contribution in [0.5, 0.6) is 28.7 Å². The Bertz CT molecular complexity index is 1440. The molecule has 0 radical (unpaired) electrons. The Balaban J connectivity index is 1.34. The van der Waals surface area contributed by atoms with Crippen LogP contribution in [0.4, 0.5) is 0 Å². The van der Waals surface area contributed by atoms with E-state index in [4.69, 9.17) is 45.4 Å². The van der Waals surface area contributed by atoms with E-state index in [1.54, 1.807) is 31.2 Å². The second-order valence-corrected chi connectivity index (χ2v) is 10.9. The van der Waals surface area contributed by atoms with Crippen LogP contribution in [0.1, 0.15) is 38.4 Å². The number of cyclic esters (lactones) is 1. The highest BCUT2D eigenvalue weighted by Crippen LogP contribution is 2.57. The minimum absolute atomic E-state index is 0.0348. The third kappa shape index (κ3) is 4.26. The molecule has 0 saturated carbocycles. The molecule has 42 heavy (non-hydrogen) atoms. The molecular formula is C29H32O13. The number of phenolic OH excluding ortho intramolecular Hbond substituents is 1. The van der Waals surface area contributed by atoms with Crippen molar-refractivity contribution in [1.82, 2.24) is 0 Å². The number of rotatable bonds is 5. The standard InChI is InChI=1S/C29H32O13/c1-11-36-9-20-27(40-11)24(31)25(32)29(41-20)42-26-14-7-17-16(38-10-39-17)6-13(14)21(22-15(26)8-37-28(22)33)12-4-18(34-2)23(30)19(5-12)35-3/h4-7,11,15,20-22,24-27,29-32H,8-10H2,1-3H3/t11-,15+,20-,21-,22+,24-,25-,26-,27-,29+/m1/s1/i10D2. The lowest BCUT2D eigenvalue weighted by Gasteiger charge is -2.47. The van der Waals surface area contributed by atoms with E-state index in [1.165, 1.54) is 14.2 Å². The molecule has 2 aromatic rings. The fourth-order valence-electron chi connectivity index (χ4n) is 6.62. The van der Waals surface area contributed by atoms with E-state index < -0.39 is 73.6 Å². The first-order valence-electron chi connectivity index (χ1n) is 14.6. The number of ether oxygens (including phenoxy) is 9. The average Bonchev–Trinajstić information content (AvgIpc) is 3.52. The van der Waals surface area contributed by atoms with Gasteiger partial charge in [-0.2, -0.15) is 0 Å². The number of carbonyl (C=O) groups excluding carboxylic acids is 1. The molecule has 3 saturated heterocycles. The summed E-state index contributed by atoms with van der Waals surface area (Å²) in [5.41, 5.74) is 1.56. The zero-order chi connectivity index (χ0) is 31.1. The minimum atomic E-state index is -2.43. The maximum atomic E-state index is 13.4. The second-order valence-electron chi connectivity index (χ2n) is 10.9. The topological polar surface area (TPSA) is 161 Å². The maximum absolute atomic E-state index is 13.4. The van der Waals surface area contributed by atoms with Gasteiger partial charge in [0.2, 0.25) is 12.5 Å². The molecule has 0 aromatic heterocycles. The highest BCUT2D eigenvalue weighted by Gasteiger charge is 2.56. The number of carbonyl (C=O) groups is 1. The number of aliphatic hydroxyl groups excluding tert-OH is 2. The third-order valence-electron chi connectivity index (χ3n) is 8.62. The van der Waals surface area contributed by atoms with Gasteiger partial charge in [0, 0.05) is 11.8 Å². The Kier molecular flexibility index (Phi) is 6.26. The molecule has 0 amide bonds. The molecule has 1 aliphatic carbocycles. The summed E-state index contributed by atoms with van der Waals surface area (Å²) < 4.78 is 66.8. The van der Waals surface area contributed by atoms with Gasteiger partial charge in [0.1, 0.15) is 27.2 Å². The highest BCUT2D eigenvalue weighted by molar-refractivity contribution is 5.79. The summed E-state index contributed by atoms with van der Waals surface area (Å²) in [5, 5.41) is 32.6. The molecule has 10 atom stereocenters. The molecule has 4 heterocycles. The molecule has 3 fully saturated rings. The van der Waals surface area contributed by atoms with Gasteiger partial charge in [0.05, 0.1) is 39.5 Å². The second kappa shape index (κ2) is 10.4. The van der Waals surface area contributed by atoms with E-state index in [1.807, 2.05) is 0 Å². The minimum Gasteiger partial charge on any atom is -0.502 e. The number of aliphatic hydroxyl groups is 2. The molecule has 0 bridgehead atoms. The number of hydrogen-bond acceptors (Lipinski definition) is 13. The van der Waals surface area contributed by atoms with Crippen LogP contribution >= 0.6 is 0 Å². The van der Waals surface area contributed by atoms with E-state index in [0.29, 0.717) is 16.7 Å². The van der Waals surface area contributed by atoms with Crippen LogP contribution < -0.4 is 18.9 Å². The number of fused-ring (bicyclic) bond motifs is 4. The molecule has 7 rings (SSSR count). The van der Waals surface area contributed by atoms with Crippen molar-refractivity contribution in [1.29, 1.82) is 0 Å². The van der Waals surface area contributed by atoms with Crippen molar-refractivity contribution in [2.75, 3.05) is 34.2 Å². The first kappa shape index (κ1) is 25.2. The average molecular weight is 591 g/mol. The van der Waals surface area contributed by atoms with Crippen LogP contribution in [-0.2, 0) is 28.5 Å². The lowest BCUT2D eigenvalue weighted by molar-refractivity contribution is -0.364. The predicted molar refractivity (Wildman–Crippen MR) is 138 cm³/mol. The van der Waals surface area contributed by atoms with Crippen LogP contribution in [0.15, 0.2) is 24.3 Å². The molecule has 13 heteroatoms. The molecule has 226 valence electrons. The van der Waals surface area contributed by atoms with Crippen LogP contribution in [0, 0.1) is 11.8 Å². The fraction of sp³-hybridized carbons (Fsp3) is 0.552. The van der Waals surface area contributed by atoms with Gasteiger partial charge in [0.25, 0.3) is 0 Å². The number of hydrogen-bond donors (Lipinski definition) is 3. The summed E-state index contributed by atoms with van der Waals surface area (Å²) in [7, 11) is 2.78. The summed E-state index contributed by atoms with van der Waals surface area (Å²) in [6, 6.07) is 6.34. The molecule has 4 aliphatic heterocycles. The van der Waals surface area contributed by atoms with Crippen LogP contribution in [-0.4, -0.2) is 92.5 Å². The van der Waals surface area contributed by atoms with E-state index >= 15 is 0 Å². The molecule has 0 unspecified atom stereocenters. The molecule has 13 nitrogen and oxygen atoms in total. The molecule has 5 aliphatic rings. The number of esters is 1. The van der Waals surface area contributed by atoms with Crippen molar-refractivity contribution in [3.63, 3.8) is 0 Å². The van der Waals surface area contributed by atoms with Gasteiger partial charge in [0.15, 0.2) is 35.6 Å². The first-order valence-corrected chi connectivity index (χ1v) is 13.6. The Labute approximate surface area is 243 Å². The van der Waals surface area contributed by atoms with Gasteiger partial charge < -0.3 is 58.0 Å². The monoisotopic (exact) mass is 590 g/mol. The van der Waals surface area contributed by atoms with Gasteiger partial charge in [-0.3, -0.25) is 4.79 Å². The lowest BCUT2D eigenvalue weighted by atomic mass is 9.66. The van der Waals surface area contributed by atoms with E-state index in [0.717, 1.165) is 0 Å². The summed E-state index contributed by atoms with van der Waals surface area (Å²) in [5.74, 6) is -2.42. The number of benzene rings is 2. The van der Waals surface area contributed by atoms with Crippen molar-refractivity contribution in [3.8, 4) is 28.7 Å². The predicted octanol–water partition coefficient (Wildman–Crippen LogP) is 1.34. The maximum Gasteiger partial charge on any atom is 0.310 e. The molecular weight excluding hydrogens is 556 g/mol. The lowest BCUT2D eigenvalue weighted by Crippen LogP contribution is -2.63. The highest BCUT2D eigenvalue weighted by atomic mass is 16.8. The van der Waals surface area contributed by atoms with Gasteiger partial charge in [-0.25, -0.2) is 0 Å². The van der Waals surface area contributed by atoms with Crippen molar-refractivity contribution in [3.05, 3.63) is 41.0 Å². The Hall–Kier alpha value is -3.33. The van der Waals surface area contributed by atoms with Gasteiger partial charge >= 0.3 is 5.97 Å². The number of methoxy groups -OCH3 is 2. The van der Waals surface area contributed by atoms with Gasteiger partial charge in [-0.05, 0) is 47.9 Å². The largest absolute Gasteiger partial charge is 0.502 e. The van der Waals surface area contributed by atoms with Crippen LogP contribution in [0.25, 0.3) is 0 Å².